The zero-order valence-electron chi connectivity index (χ0n) is 10.3. The van der Waals surface area contributed by atoms with Crippen molar-refractivity contribution >= 4 is 27.6 Å². The van der Waals surface area contributed by atoms with E-state index in [9.17, 15) is 4.79 Å². The molecule has 2 N–H and O–H groups in total. The highest BCUT2D eigenvalue weighted by atomic mass is 79.9. The van der Waals surface area contributed by atoms with Crippen molar-refractivity contribution in [3.63, 3.8) is 0 Å². The van der Waals surface area contributed by atoms with Gasteiger partial charge >= 0.3 is 5.97 Å². The Morgan fingerprint density at radius 1 is 1.61 bits per heavy atom. The molecule has 0 radical (unpaired) electrons. The predicted molar refractivity (Wildman–Crippen MR) is 75.1 cm³/mol. The number of nitrogens with zero attached hydrogens (tertiary/aromatic N) is 1. The SMILES string of the molecule is Cc1cc(N2CCC(NCC(=O)O)C2)ccc1Br. The third-order valence-corrected chi connectivity index (χ3v) is 4.13. The molecule has 0 spiro atoms. The van der Waals surface area contributed by atoms with E-state index < -0.39 is 5.97 Å². The molecule has 0 aliphatic carbocycles. The standard InChI is InChI=1S/C13H17BrN2O2/c1-9-6-11(2-3-12(9)14)16-5-4-10(8-16)15-7-13(17)18/h2-3,6,10,15H,4-5,7-8H2,1H3,(H,17,18). The van der Waals surface area contributed by atoms with Crippen LogP contribution in [0.5, 0.6) is 0 Å². The van der Waals surface area contributed by atoms with Crippen LogP contribution < -0.4 is 10.2 Å². The zero-order chi connectivity index (χ0) is 13.1. The van der Waals surface area contributed by atoms with Gasteiger partial charge in [-0.15, -0.1) is 0 Å². The molecule has 1 fully saturated rings. The van der Waals surface area contributed by atoms with E-state index >= 15 is 0 Å². The van der Waals surface area contributed by atoms with Gasteiger partial charge < -0.3 is 15.3 Å². The van der Waals surface area contributed by atoms with Gasteiger partial charge in [0.15, 0.2) is 0 Å². The second-order valence-corrected chi connectivity index (χ2v) is 5.49. The van der Waals surface area contributed by atoms with Gasteiger partial charge in [0, 0.05) is 29.3 Å². The summed E-state index contributed by atoms with van der Waals surface area (Å²) < 4.78 is 1.12. The van der Waals surface area contributed by atoms with Crippen molar-refractivity contribution in [2.75, 3.05) is 24.5 Å². The first-order chi connectivity index (χ1) is 8.56. The maximum Gasteiger partial charge on any atom is 0.317 e. The Bertz CT molecular complexity index is 451. The Kier molecular flexibility index (Phi) is 4.24. The van der Waals surface area contributed by atoms with Crippen molar-refractivity contribution < 1.29 is 9.90 Å². The van der Waals surface area contributed by atoms with E-state index in [1.165, 1.54) is 11.3 Å². The van der Waals surface area contributed by atoms with E-state index in [0.29, 0.717) is 0 Å². The van der Waals surface area contributed by atoms with E-state index in [4.69, 9.17) is 5.11 Å². The fourth-order valence-electron chi connectivity index (χ4n) is 2.22. The monoisotopic (exact) mass is 312 g/mol. The third kappa shape index (κ3) is 3.23. The van der Waals surface area contributed by atoms with E-state index in [1.807, 2.05) is 0 Å². The number of benzene rings is 1. The number of carbonyl (C=O) groups is 1. The number of carboxylic acid groups (broad SMARTS) is 1. The smallest absolute Gasteiger partial charge is 0.317 e. The van der Waals surface area contributed by atoms with Gasteiger partial charge in [0.05, 0.1) is 6.54 Å². The van der Waals surface area contributed by atoms with Gasteiger partial charge in [-0.05, 0) is 37.1 Å². The molecule has 5 heteroatoms. The fraction of sp³-hybridized carbons (Fsp3) is 0.462. The van der Waals surface area contributed by atoms with Crippen LogP contribution in [0.1, 0.15) is 12.0 Å². The summed E-state index contributed by atoms with van der Waals surface area (Å²) in [6.45, 7) is 3.95. The molecule has 1 aliphatic heterocycles. The Hall–Kier alpha value is -1.07. The first kappa shape index (κ1) is 13.4. The average molecular weight is 313 g/mol. The van der Waals surface area contributed by atoms with Gasteiger partial charge in [-0.2, -0.15) is 0 Å². The summed E-state index contributed by atoms with van der Waals surface area (Å²) in [6, 6.07) is 6.58. The molecule has 1 saturated heterocycles. The summed E-state index contributed by atoms with van der Waals surface area (Å²) in [5.41, 5.74) is 2.42. The molecule has 0 saturated carbocycles. The minimum absolute atomic E-state index is 0.0396. The normalized spacial score (nSPS) is 19.2. The van der Waals surface area contributed by atoms with Crippen LogP contribution in [0.3, 0.4) is 0 Å². The molecule has 2 rings (SSSR count). The van der Waals surface area contributed by atoms with Gasteiger partial charge in [0.25, 0.3) is 0 Å². The number of anilines is 1. The van der Waals surface area contributed by atoms with Gasteiger partial charge in [-0.3, -0.25) is 4.79 Å². The number of aryl methyl sites for hydroxylation is 1. The Morgan fingerprint density at radius 3 is 3.06 bits per heavy atom. The van der Waals surface area contributed by atoms with E-state index in [0.717, 1.165) is 24.0 Å². The number of aliphatic carboxylic acids is 1. The predicted octanol–water partition coefficient (Wildman–Crippen LogP) is 2.01. The molecule has 0 aromatic heterocycles. The van der Waals surface area contributed by atoms with Crippen molar-refractivity contribution in [3.05, 3.63) is 28.2 Å². The molecule has 98 valence electrons. The topological polar surface area (TPSA) is 52.6 Å². The van der Waals surface area contributed by atoms with Crippen molar-refractivity contribution in [2.24, 2.45) is 0 Å². The van der Waals surface area contributed by atoms with Crippen molar-refractivity contribution in [1.82, 2.24) is 5.32 Å². The van der Waals surface area contributed by atoms with Gasteiger partial charge in [0.2, 0.25) is 0 Å². The summed E-state index contributed by atoms with van der Waals surface area (Å²) >= 11 is 3.49. The van der Waals surface area contributed by atoms with E-state index in [-0.39, 0.29) is 12.6 Å². The van der Waals surface area contributed by atoms with Crippen LogP contribution >= 0.6 is 15.9 Å². The molecule has 1 atom stereocenters. The summed E-state index contributed by atoms with van der Waals surface area (Å²) in [7, 11) is 0. The van der Waals surface area contributed by atoms with Crippen molar-refractivity contribution in [1.29, 1.82) is 0 Å². The lowest BCUT2D eigenvalue weighted by molar-refractivity contribution is -0.136. The van der Waals surface area contributed by atoms with Crippen LogP contribution in [0.25, 0.3) is 0 Å². The fourth-order valence-corrected chi connectivity index (χ4v) is 2.47. The molecule has 1 unspecified atom stereocenters. The number of halogens is 1. The molecule has 1 aromatic rings. The van der Waals surface area contributed by atoms with E-state index in [1.54, 1.807) is 0 Å². The lowest BCUT2D eigenvalue weighted by Crippen LogP contribution is -2.35. The number of nitrogens with one attached hydrogen (secondary N) is 1. The number of carboxylic acids is 1. The number of hydrogen-bond donors (Lipinski definition) is 2. The second-order valence-electron chi connectivity index (χ2n) is 4.64. The molecule has 1 heterocycles. The summed E-state index contributed by atoms with van der Waals surface area (Å²) in [6.07, 6.45) is 0.988. The number of hydrogen-bond acceptors (Lipinski definition) is 3. The van der Waals surface area contributed by atoms with Crippen LogP contribution in [0.4, 0.5) is 5.69 Å². The van der Waals surface area contributed by atoms with Crippen LogP contribution in [0, 0.1) is 6.92 Å². The summed E-state index contributed by atoms with van der Waals surface area (Å²) in [5, 5.41) is 11.7. The molecular formula is C13H17BrN2O2. The summed E-state index contributed by atoms with van der Waals surface area (Å²) in [5.74, 6) is -0.798. The maximum absolute atomic E-state index is 10.5. The average Bonchev–Trinajstić information content (AvgIpc) is 2.79. The van der Waals surface area contributed by atoms with Crippen molar-refractivity contribution in [3.8, 4) is 0 Å². The van der Waals surface area contributed by atoms with Crippen molar-refractivity contribution in [2.45, 2.75) is 19.4 Å². The highest BCUT2D eigenvalue weighted by Gasteiger charge is 2.22. The molecule has 0 amide bonds. The summed E-state index contributed by atoms with van der Waals surface area (Å²) in [4.78, 5) is 12.8. The molecule has 0 bridgehead atoms. The lowest BCUT2D eigenvalue weighted by Gasteiger charge is -2.19. The minimum atomic E-state index is -0.798. The lowest BCUT2D eigenvalue weighted by atomic mass is 10.2. The molecule has 1 aliphatic rings. The molecular weight excluding hydrogens is 296 g/mol. The van der Waals surface area contributed by atoms with Gasteiger partial charge in [-0.25, -0.2) is 0 Å². The van der Waals surface area contributed by atoms with Gasteiger partial charge in [-0.1, -0.05) is 15.9 Å². The Morgan fingerprint density at radius 2 is 2.39 bits per heavy atom. The quantitative estimate of drug-likeness (QED) is 0.893. The molecule has 1 aromatic carbocycles. The first-order valence-corrected chi connectivity index (χ1v) is 6.82. The second kappa shape index (κ2) is 5.71. The number of rotatable bonds is 4. The van der Waals surface area contributed by atoms with Gasteiger partial charge in [0.1, 0.15) is 0 Å². The Balaban J connectivity index is 1.95. The van der Waals surface area contributed by atoms with Crippen LogP contribution in [-0.2, 0) is 4.79 Å². The first-order valence-electron chi connectivity index (χ1n) is 6.02. The third-order valence-electron chi connectivity index (χ3n) is 3.24. The molecule has 4 nitrogen and oxygen atoms in total. The Labute approximate surface area is 115 Å². The molecule has 18 heavy (non-hydrogen) atoms. The maximum atomic E-state index is 10.5. The highest BCUT2D eigenvalue weighted by molar-refractivity contribution is 9.10. The van der Waals surface area contributed by atoms with Crippen LogP contribution in [0.2, 0.25) is 0 Å². The largest absolute Gasteiger partial charge is 0.480 e. The highest BCUT2D eigenvalue weighted by Crippen LogP contribution is 2.25. The van der Waals surface area contributed by atoms with Crippen LogP contribution in [-0.4, -0.2) is 36.8 Å². The van der Waals surface area contributed by atoms with Crippen LogP contribution in [0.15, 0.2) is 22.7 Å². The minimum Gasteiger partial charge on any atom is -0.480 e. The zero-order valence-corrected chi connectivity index (χ0v) is 11.9. The van der Waals surface area contributed by atoms with E-state index in [2.05, 4.69) is 51.3 Å².